The molecule has 0 saturated carbocycles. The molecule has 0 unspecified atom stereocenters. The summed E-state index contributed by atoms with van der Waals surface area (Å²) >= 11 is 5.82. The fraction of sp³-hybridized carbons (Fsp3) is 0.583. The summed E-state index contributed by atoms with van der Waals surface area (Å²) in [6.07, 6.45) is 1.80. The van der Waals surface area contributed by atoms with Gasteiger partial charge in [0.2, 0.25) is 0 Å². The zero-order chi connectivity index (χ0) is 12.0. The molecule has 0 aliphatic heterocycles. The van der Waals surface area contributed by atoms with Crippen LogP contribution in [-0.4, -0.2) is 23.5 Å². The van der Waals surface area contributed by atoms with E-state index in [-0.39, 0.29) is 11.0 Å². The van der Waals surface area contributed by atoms with Gasteiger partial charge in [-0.1, -0.05) is 19.9 Å². The number of halogens is 1. The van der Waals surface area contributed by atoms with E-state index in [1.165, 1.54) is 0 Å². The molecular formula is C12H19ClN2O. The Labute approximate surface area is 101 Å². The molecule has 1 aromatic rings. The van der Waals surface area contributed by atoms with Gasteiger partial charge in [0.15, 0.2) is 0 Å². The molecule has 1 rings (SSSR count). The fourth-order valence-electron chi connectivity index (χ4n) is 1.32. The molecule has 0 aromatic carbocycles. The number of hydrogen-bond acceptors (Lipinski definition) is 2. The summed E-state index contributed by atoms with van der Waals surface area (Å²) < 4.78 is 1.70. The zero-order valence-corrected chi connectivity index (χ0v) is 10.6. The predicted octanol–water partition coefficient (Wildman–Crippen LogP) is 1.70. The molecule has 1 heterocycles. The molecule has 16 heavy (non-hydrogen) atoms. The third-order valence-corrected chi connectivity index (χ3v) is 3.12. The summed E-state index contributed by atoms with van der Waals surface area (Å²) in [6.45, 7) is 6.56. The molecule has 0 radical (unpaired) electrons. The third kappa shape index (κ3) is 4.37. The van der Waals surface area contributed by atoms with Crippen molar-refractivity contribution in [3.63, 3.8) is 0 Å². The average Bonchev–Trinajstić information content (AvgIpc) is 2.27. The summed E-state index contributed by atoms with van der Waals surface area (Å²) in [5.41, 5.74) is 0.143. The van der Waals surface area contributed by atoms with Crippen LogP contribution in [0.4, 0.5) is 0 Å². The van der Waals surface area contributed by atoms with Crippen molar-refractivity contribution in [1.29, 1.82) is 0 Å². The van der Waals surface area contributed by atoms with Gasteiger partial charge in [-0.25, -0.2) is 0 Å². The van der Waals surface area contributed by atoms with Crippen LogP contribution in [0.3, 0.4) is 0 Å². The van der Waals surface area contributed by atoms with Crippen LogP contribution in [-0.2, 0) is 6.54 Å². The van der Waals surface area contributed by atoms with Crippen molar-refractivity contribution in [3.8, 4) is 0 Å². The molecular weight excluding hydrogens is 224 g/mol. The molecule has 0 aliphatic rings. The maximum absolute atomic E-state index is 11.4. The lowest BCUT2D eigenvalue weighted by Gasteiger charge is -2.21. The van der Waals surface area contributed by atoms with Gasteiger partial charge in [-0.2, -0.15) is 0 Å². The van der Waals surface area contributed by atoms with E-state index in [1.807, 2.05) is 6.07 Å². The molecule has 0 saturated heterocycles. The number of aromatic nitrogens is 1. The predicted molar refractivity (Wildman–Crippen MR) is 68.1 cm³/mol. The van der Waals surface area contributed by atoms with Gasteiger partial charge in [0.05, 0.1) is 0 Å². The van der Waals surface area contributed by atoms with E-state index in [1.54, 1.807) is 22.9 Å². The Morgan fingerprint density at radius 1 is 1.44 bits per heavy atom. The van der Waals surface area contributed by atoms with E-state index >= 15 is 0 Å². The zero-order valence-electron chi connectivity index (χ0n) is 9.87. The van der Waals surface area contributed by atoms with E-state index in [0.717, 1.165) is 13.1 Å². The minimum absolute atomic E-state index is 0.0425. The Morgan fingerprint density at radius 3 is 2.81 bits per heavy atom. The van der Waals surface area contributed by atoms with Crippen molar-refractivity contribution in [2.45, 2.75) is 20.4 Å². The average molecular weight is 243 g/mol. The van der Waals surface area contributed by atoms with E-state index in [4.69, 9.17) is 11.6 Å². The highest BCUT2D eigenvalue weighted by Gasteiger charge is 2.14. The number of nitrogens with zero attached hydrogens (tertiary/aromatic N) is 1. The first-order valence-corrected chi connectivity index (χ1v) is 6.01. The molecule has 0 atom stereocenters. The Kier molecular flexibility index (Phi) is 5.03. The number of hydrogen-bond donors (Lipinski definition) is 1. The van der Waals surface area contributed by atoms with Gasteiger partial charge in [-0.05, 0) is 11.5 Å². The largest absolute Gasteiger partial charge is 0.314 e. The molecule has 4 heteroatoms. The summed E-state index contributed by atoms with van der Waals surface area (Å²) in [6, 6.07) is 5.19. The highest BCUT2D eigenvalue weighted by molar-refractivity contribution is 6.18. The summed E-state index contributed by atoms with van der Waals surface area (Å²) in [4.78, 5) is 11.4. The van der Waals surface area contributed by atoms with Gasteiger partial charge in [-0.15, -0.1) is 11.6 Å². The Bertz CT molecular complexity index is 373. The normalized spacial score (nSPS) is 11.7. The van der Waals surface area contributed by atoms with Gasteiger partial charge < -0.3 is 9.88 Å². The van der Waals surface area contributed by atoms with Crippen molar-refractivity contribution < 1.29 is 0 Å². The van der Waals surface area contributed by atoms with Crippen LogP contribution >= 0.6 is 11.6 Å². The monoisotopic (exact) mass is 242 g/mol. The third-order valence-electron chi connectivity index (χ3n) is 2.39. The lowest BCUT2D eigenvalue weighted by Crippen LogP contribution is -2.34. The first-order chi connectivity index (χ1) is 7.55. The van der Waals surface area contributed by atoms with E-state index in [9.17, 15) is 4.79 Å². The molecule has 3 nitrogen and oxygen atoms in total. The summed E-state index contributed by atoms with van der Waals surface area (Å²) in [7, 11) is 0. The van der Waals surface area contributed by atoms with Crippen LogP contribution in [0.15, 0.2) is 29.2 Å². The Balaban J connectivity index is 2.32. The van der Waals surface area contributed by atoms with Gasteiger partial charge in [0.1, 0.15) is 0 Å². The molecule has 1 N–H and O–H groups in total. The second kappa shape index (κ2) is 6.06. The molecule has 90 valence electrons. The molecule has 0 spiro atoms. The van der Waals surface area contributed by atoms with Crippen LogP contribution in [0.1, 0.15) is 13.8 Å². The topological polar surface area (TPSA) is 34.0 Å². The smallest absolute Gasteiger partial charge is 0.250 e. The van der Waals surface area contributed by atoms with Crippen molar-refractivity contribution in [1.82, 2.24) is 9.88 Å². The van der Waals surface area contributed by atoms with Gasteiger partial charge >= 0.3 is 0 Å². The molecule has 0 aliphatic carbocycles. The summed E-state index contributed by atoms with van der Waals surface area (Å²) in [5.74, 6) is 0.630. The van der Waals surface area contributed by atoms with Crippen molar-refractivity contribution >= 4 is 11.6 Å². The SMILES string of the molecule is CC(C)(CCl)CNCCn1ccccc1=O. The lowest BCUT2D eigenvalue weighted by molar-refractivity contribution is 0.380. The second-order valence-corrected chi connectivity index (χ2v) is 4.97. The molecule has 0 fully saturated rings. The van der Waals surface area contributed by atoms with E-state index in [2.05, 4.69) is 19.2 Å². The first kappa shape index (κ1) is 13.3. The fourth-order valence-corrected chi connectivity index (χ4v) is 1.41. The van der Waals surface area contributed by atoms with Crippen molar-refractivity contribution in [3.05, 3.63) is 34.7 Å². The molecule has 0 amide bonds. The van der Waals surface area contributed by atoms with Crippen molar-refractivity contribution in [2.75, 3.05) is 19.0 Å². The number of alkyl halides is 1. The molecule has 0 bridgehead atoms. The number of nitrogens with one attached hydrogen (secondary N) is 1. The maximum Gasteiger partial charge on any atom is 0.250 e. The molecule has 1 aromatic heterocycles. The standard InChI is InChI=1S/C12H19ClN2O/c1-12(2,9-13)10-14-6-8-15-7-4-3-5-11(15)16/h3-5,7,14H,6,8-10H2,1-2H3. The minimum Gasteiger partial charge on any atom is -0.314 e. The quantitative estimate of drug-likeness (QED) is 0.609. The Hall–Kier alpha value is -0.800. The first-order valence-electron chi connectivity index (χ1n) is 5.47. The second-order valence-electron chi connectivity index (χ2n) is 4.71. The lowest BCUT2D eigenvalue weighted by atomic mass is 9.97. The highest BCUT2D eigenvalue weighted by Crippen LogP contribution is 2.14. The van der Waals surface area contributed by atoms with Crippen LogP contribution in [0.5, 0.6) is 0 Å². The van der Waals surface area contributed by atoms with Gasteiger partial charge in [0, 0.05) is 37.8 Å². The Morgan fingerprint density at radius 2 is 2.19 bits per heavy atom. The highest BCUT2D eigenvalue weighted by atomic mass is 35.5. The van der Waals surface area contributed by atoms with Gasteiger partial charge in [0.25, 0.3) is 5.56 Å². The van der Waals surface area contributed by atoms with Crippen molar-refractivity contribution in [2.24, 2.45) is 5.41 Å². The minimum atomic E-state index is 0.0425. The van der Waals surface area contributed by atoms with E-state index < -0.39 is 0 Å². The number of pyridine rings is 1. The van der Waals surface area contributed by atoms with Gasteiger partial charge in [-0.3, -0.25) is 4.79 Å². The van der Waals surface area contributed by atoms with Crippen LogP contribution in [0.25, 0.3) is 0 Å². The van der Waals surface area contributed by atoms with Crippen LogP contribution in [0, 0.1) is 5.41 Å². The van der Waals surface area contributed by atoms with Crippen LogP contribution in [0.2, 0.25) is 0 Å². The van der Waals surface area contributed by atoms with Crippen LogP contribution < -0.4 is 10.9 Å². The maximum atomic E-state index is 11.4. The number of rotatable bonds is 6. The summed E-state index contributed by atoms with van der Waals surface area (Å²) in [5, 5.41) is 3.31. The van der Waals surface area contributed by atoms with E-state index in [0.29, 0.717) is 12.4 Å².